The molecule has 2 atom stereocenters. The quantitative estimate of drug-likeness (QED) is 0.609. The lowest BCUT2D eigenvalue weighted by molar-refractivity contribution is -0.100. The lowest BCUT2D eigenvalue weighted by Crippen LogP contribution is -2.66. The van der Waals surface area contributed by atoms with E-state index >= 15 is 0 Å². The highest BCUT2D eigenvalue weighted by atomic mass is 35.5. The van der Waals surface area contributed by atoms with Crippen LogP contribution in [0.4, 0.5) is 0 Å². The number of nitrogens with one attached hydrogen (secondary N) is 1. The van der Waals surface area contributed by atoms with Crippen LogP contribution in [0.3, 0.4) is 0 Å². The Morgan fingerprint density at radius 1 is 1.27 bits per heavy atom. The molecule has 4 nitrogen and oxygen atoms in total. The Labute approximate surface area is 182 Å². The van der Waals surface area contributed by atoms with Gasteiger partial charge in [-0.2, -0.15) is 0 Å². The van der Waals surface area contributed by atoms with Crippen molar-refractivity contribution < 1.29 is 9.84 Å². The summed E-state index contributed by atoms with van der Waals surface area (Å²) in [6.45, 7) is 6.23. The smallest absolute Gasteiger partial charge is 0.119 e. The molecular weight excluding hydrogens is 396 g/mol. The van der Waals surface area contributed by atoms with E-state index in [1.807, 2.05) is 30.3 Å². The van der Waals surface area contributed by atoms with E-state index in [1.165, 1.54) is 11.3 Å². The van der Waals surface area contributed by atoms with E-state index in [-0.39, 0.29) is 5.41 Å². The number of rotatable bonds is 4. The van der Waals surface area contributed by atoms with Gasteiger partial charge in [0.2, 0.25) is 0 Å². The lowest BCUT2D eigenvalue weighted by atomic mass is 9.56. The molecule has 2 aliphatic rings. The summed E-state index contributed by atoms with van der Waals surface area (Å²) in [6.07, 6.45) is 4.17. The van der Waals surface area contributed by atoms with Gasteiger partial charge in [0, 0.05) is 53.0 Å². The van der Waals surface area contributed by atoms with Crippen LogP contribution in [0.1, 0.15) is 23.2 Å². The van der Waals surface area contributed by atoms with Crippen LogP contribution in [0.2, 0.25) is 5.02 Å². The standard InChI is InChI=1S/C25H27ClN2O2/c1-3-10-28-11-9-24(17-5-4-6-19(12-17)30-2)15-23-21(14-25(24,29)16-28)20-8-7-18(26)13-22(20)27-23/h3-8,12-13,27,29H,1,9-11,14-16H2,2H3/t24-,25-/m0/s1. The van der Waals surface area contributed by atoms with E-state index in [4.69, 9.17) is 16.3 Å². The molecular formula is C25H27ClN2O2. The monoisotopic (exact) mass is 422 g/mol. The van der Waals surface area contributed by atoms with Gasteiger partial charge in [0.1, 0.15) is 5.75 Å². The van der Waals surface area contributed by atoms with Crippen molar-refractivity contribution in [3.05, 3.63) is 77.0 Å². The molecule has 1 saturated heterocycles. The summed E-state index contributed by atoms with van der Waals surface area (Å²) in [7, 11) is 1.69. The first-order valence-electron chi connectivity index (χ1n) is 10.5. The van der Waals surface area contributed by atoms with Crippen LogP contribution >= 0.6 is 11.6 Å². The number of nitrogens with zero attached hydrogens (tertiary/aromatic N) is 1. The molecule has 5 rings (SSSR count). The van der Waals surface area contributed by atoms with E-state index in [0.717, 1.165) is 53.2 Å². The molecule has 0 saturated carbocycles. The molecule has 1 aliphatic heterocycles. The molecule has 1 aliphatic carbocycles. The first kappa shape index (κ1) is 19.7. The number of hydrogen-bond donors (Lipinski definition) is 2. The predicted octanol–water partition coefficient (Wildman–Crippen LogP) is 4.49. The second kappa shape index (κ2) is 7.16. The highest BCUT2D eigenvalue weighted by Crippen LogP contribution is 2.51. The second-order valence-corrected chi connectivity index (χ2v) is 9.18. The largest absolute Gasteiger partial charge is 0.497 e. The third-order valence-corrected chi connectivity index (χ3v) is 7.38. The average molecular weight is 423 g/mol. The van der Waals surface area contributed by atoms with E-state index in [9.17, 15) is 5.11 Å². The number of likely N-dealkylation sites (tertiary alicyclic amines) is 1. The molecule has 0 radical (unpaired) electrons. The number of aromatic amines is 1. The van der Waals surface area contributed by atoms with Gasteiger partial charge in [-0.1, -0.05) is 35.9 Å². The summed E-state index contributed by atoms with van der Waals surface area (Å²) < 4.78 is 5.52. The van der Waals surface area contributed by atoms with Crippen LogP contribution in [0, 0.1) is 0 Å². The maximum atomic E-state index is 12.3. The highest BCUT2D eigenvalue weighted by Gasteiger charge is 2.57. The fourth-order valence-electron chi connectivity index (χ4n) is 5.66. The zero-order valence-corrected chi connectivity index (χ0v) is 18.0. The van der Waals surface area contributed by atoms with Crippen LogP contribution in [-0.4, -0.2) is 47.3 Å². The average Bonchev–Trinajstić information content (AvgIpc) is 3.07. The molecule has 2 heterocycles. The molecule has 30 heavy (non-hydrogen) atoms. The Morgan fingerprint density at radius 3 is 2.93 bits per heavy atom. The Bertz CT molecular complexity index is 1120. The number of β-amino-alcohol motifs (C(OH)–C–C–N with tert-alkyl or cyclic N) is 1. The molecule has 5 heteroatoms. The first-order chi connectivity index (χ1) is 14.5. The van der Waals surface area contributed by atoms with Crippen molar-refractivity contribution in [1.29, 1.82) is 0 Å². The third kappa shape index (κ3) is 2.89. The van der Waals surface area contributed by atoms with Crippen LogP contribution < -0.4 is 4.74 Å². The predicted molar refractivity (Wildman–Crippen MR) is 122 cm³/mol. The molecule has 156 valence electrons. The molecule has 0 bridgehead atoms. The van der Waals surface area contributed by atoms with E-state index < -0.39 is 5.60 Å². The van der Waals surface area contributed by atoms with Crippen molar-refractivity contribution in [2.24, 2.45) is 0 Å². The van der Waals surface area contributed by atoms with Gasteiger partial charge in [-0.25, -0.2) is 0 Å². The highest BCUT2D eigenvalue weighted by molar-refractivity contribution is 6.31. The van der Waals surface area contributed by atoms with Gasteiger partial charge in [0.05, 0.1) is 12.7 Å². The maximum Gasteiger partial charge on any atom is 0.119 e. The topological polar surface area (TPSA) is 48.5 Å². The van der Waals surface area contributed by atoms with Crippen LogP contribution in [0.15, 0.2) is 55.1 Å². The van der Waals surface area contributed by atoms with Crippen LogP contribution in [0.25, 0.3) is 10.9 Å². The van der Waals surface area contributed by atoms with Gasteiger partial charge in [0.15, 0.2) is 0 Å². The molecule has 0 unspecified atom stereocenters. The SMILES string of the molecule is C=CCN1CC[C@@]2(c3cccc(OC)c3)Cc3[nH]c4cc(Cl)ccc4c3C[C@]2(O)C1. The first-order valence-corrected chi connectivity index (χ1v) is 10.8. The number of halogens is 1. The van der Waals surface area contributed by atoms with Crippen LogP contribution in [0.5, 0.6) is 5.75 Å². The van der Waals surface area contributed by atoms with Gasteiger partial charge in [-0.05, 0) is 48.4 Å². The number of aliphatic hydroxyl groups is 1. The minimum Gasteiger partial charge on any atom is -0.497 e. The van der Waals surface area contributed by atoms with Crippen molar-refractivity contribution in [1.82, 2.24) is 9.88 Å². The molecule has 3 aromatic rings. The lowest BCUT2D eigenvalue weighted by Gasteiger charge is -2.56. The normalized spacial score (nSPS) is 26.2. The molecule has 1 fully saturated rings. The fraction of sp³-hybridized carbons (Fsp3) is 0.360. The van der Waals surface area contributed by atoms with Crippen molar-refractivity contribution >= 4 is 22.5 Å². The van der Waals surface area contributed by atoms with Gasteiger partial charge in [0.25, 0.3) is 0 Å². The third-order valence-electron chi connectivity index (χ3n) is 7.14. The number of hydrogen-bond acceptors (Lipinski definition) is 3. The fourth-order valence-corrected chi connectivity index (χ4v) is 5.84. The summed E-state index contributed by atoms with van der Waals surface area (Å²) in [6, 6.07) is 14.2. The summed E-state index contributed by atoms with van der Waals surface area (Å²) in [5.74, 6) is 0.826. The van der Waals surface area contributed by atoms with Gasteiger partial charge < -0.3 is 14.8 Å². The molecule has 1 aromatic heterocycles. The molecule has 2 aromatic carbocycles. The van der Waals surface area contributed by atoms with Crippen molar-refractivity contribution in [3.8, 4) is 5.75 Å². The van der Waals surface area contributed by atoms with E-state index in [2.05, 4.69) is 34.7 Å². The van der Waals surface area contributed by atoms with E-state index in [1.54, 1.807) is 7.11 Å². The number of aromatic nitrogens is 1. The van der Waals surface area contributed by atoms with Crippen molar-refractivity contribution in [2.75, 3.05) is 26.7 Å². The molecule has 0 amide bonds. The zero-order valence-electron chi connectivity index (χ0n) is 17.2. The minimum atomic E-state index is -0.887. The minimum absolute atomic E-state index is 0.378. The Hall–Kier alpha value is -2.27. The molecule has 0 spiro atoms. The Morgan fingerprint density at radius 2 is 2.13 bits per heavy atom. The number of benzene rings is 2. The van der Waals surface area contributed by atoms with Crippen LogP contribution in [-0.2, 0) is 18.3 Å². The summed E-state index contributed by atoms with van der Waals surface area (Å²) >= 11 is 6.24. The van der Waals surface area contributed by atoms with Crippen molar-refractivity contribution in [2.45, 2.75) is 30.3 Å². The summed E-state index contributed by atoms with van der Waals surface area (Å²) in [5, 5.41) is 14.2. The number of methoxy groups -OCH3 is 1. The Kier molecular flexibility index (Phi) is 4.69. The van der Waals surface area contributed by atoms with Gasteiger partial charge in [-0.3, -0.25) is 4.90 Å². The number of fused-ring (bicyclic) bond motifs is 4. The van der Waals surface area contributed by atoms with E-state index in [0.29, 0.717) is 13.0 Å². The van der Waals surface area contributed by atoms with Gasteiger partial charge in [-0.15, -0.1) is 6.58 Å². The summed E-state index contributed by atoms with van der Waals surface area (Å²) in [4.78, 5) is 5.92. The second-order valence-electron chi connectivity index (χ2n) is 8.75. The summed E-state index contributed by atoms with van der Waals surface area (Å²) in [5.41, 5.74) is 3.34. The number of H-pyrrole nitrogens is 1. The van der Waals surface area contributed by atoms with Gasteiger partial charge >= 0.3 is 0 Å². The Balaban J connectivity index is 1.68. The molecule has 2 N–H and O–H groups in total. The van der Waals surface area contributed by atoms with Crippen molar-refractivity contribution in [3.63, 3.8) is 0 Å². The maximum absolute atomic E-state index is 12.3. The number of ether oxygens (including phenoxy) is 1. The zero-order chi connectivity index (χ0) is 20.9. The number of piperidine rings is 1.